The van der Waals surface area contributed by atoms with E-state index in [9.17, 15) is 5.11 Å². The Kier molecular flexibility index (Phi) is 3.67. The summed E-state index contributed by atoms with van der Waals surface area (Å²) >= 11 is 6.15. The predicted molar refractivity (Wildman–Crippen MR) is 73.7 cm³/mol. The van der Waals surface area contributed by atoms with Crippen LogP contribution in [-0.4, -0.2) is 11.9 Å². The zero-order valence-corrected chi connectivity index (χ0v) is 11.4. The van der Waals surface area contributed by atoms with Crippen molar-refractivity contribution < 1.29 is 14.6 Å². The van der Waals surface area contributed by atoms with Crippen molar-refractivity contribution in [1.29, 1.82) is 0 Å². The van der Waals surface area contributed by atoms with Crippen molar-refractivity contribution in [3.05, 3.63) is 34.4 Å². The Morgan fingerprint density at radius 2 is 2.05 bits per heavy atom. The summed E-state index contributed by atoms with van der Waals surface area (Å²) in [6.07, 6.45) is 7.15. The largest absolute Gasteiger partial charge is 0.454 e. The van der Waals surface area contributed by atoms with Crippen molar-refractivity contribution in [1.82, 2.24) is 0 Å². The van der Waals surface area contributed by atoms with Crippen molar-refractivity contribution in [3.8, 4) is 11.5 Å². The molecule has 0 amide bonds. The molecule has 0 spiro atoms. The molecular formula is C15H17ClO3. The first-order chi connectivity index (χ1) is 9.25. The van der Waals surface area contributed by atoms with Gasteiger partial charge in [-0.15, -0.1) is 0 Å². The molecule has 3 nitrogen and oxygen atoms in total. The van der Waals surface area contributed by atoms with E-state index >= 15 is 0 Å². The zero-order chi connectivity index (χ0) is 13.2. The van der Waals surface area contributed by atoms with Crippen molar-refractivity contribution in [2.75, 3.05) is 6.79 Å². The summed E-state index contributed by atoms with van der Waals surface area (Å²) in [4.78, 5) is 0. The number of aliphatic hydroxyl groups is 1. The maximum atomic E-state index is 10.5. The Bertz CT molecular complexity index is 510. The minimum Gasteiger partial charge on any atom is -0.454 e. The van der Waals surface area contributed by atoms with Gasteiger partial charge in [-0.25, -0.2) is 0 Å². The highest BCUT2D eigenvalue weighted by atomic mass is 35.5. The number of hydrogen-bond donors (Lipinski definition) is 1. The quantitative estimate of drug-likeness (QED) is 0.833. The van der Waals surface area contributed by atoms with E-state index in [2.05, 4.69) is 6.08 Å². The lowest BCUT2D eigenvalue weighted by atomic mass is 9.97. The number of aliphatic hydroxyl groups excluding tert-OH is 1. The van der Waals surface area contributed by atoms with Crippen LogP contribution in [0.25, 0.3) is 0 Å². The molecule has 3 rings (SSSR count). The number of hydrogen-bond acceptors (Lipinski definition) is 3. The summed E-state index contributed by atoms with van der Waals surface area (Å²) in [7, 11) is 0. The maximum absolute atomic E-state index is 10.5. The summed E-state index contributed by atoms with van der Waals surface area (Å²) in [5.41, 5.74) is 1.87. The number of halogens is 1. The topological polar surface area (TPSA) is 38.7 Å². The third-order valence-electron chi connectivity index (χ3n) is 3.69. The van der Waals surface area contributed by atoms with Gasteiger partial charge >= 0.3 is 0 Å². The fraction of sp³-hybridized carbons (Fsp3) is 0.467. The summed E-state index contributed by atoms with van der Waals surface area (Å²) in [5, 5.41) is 11.0. The normalized spacial score (nSPS) is 19.8. The Morgan fingerprint density at radius 1 is 1.16 bits per heavy atom. The van der Waals surface area contributed by atoms with Gasteiger partial charge in [0.15, 0.2) is 11.5 Å². The highest BCUT2D eigenvalue weighted by Gasteiger charge is 2.22. The fourth-order valence-electron chi connectivity index (χ4n) is 2.65. The Hall–Kier alpha value is -1.19. The molecule has 1 atom stereocenters. The lowest BCUT2D eigenvalue weighted by Crippen LogP contribution is -2.02. The number of rotatable bonds is 2. The number of ether oxygens (including phenoxy) is 2. The van der Waals surface area contributed by atoms with Gasteiger partial charge in [0.05, 0.1) is 5.02 Å². The van der Waals surface area contributed by atoms with Crippen LogP contribution in [0.4, 0.5) is 0 Å². The first-order valence-corrected chi connectivity index (χ1v) is 7.09. The van der Waals surface area contributed by atoms with E-state index < -0.39 is 6.10 Å². The van der Waals surface area contributed by atoms with Crippen LogP contribution in [0.15, 0.2) is 23.8 Å². The third kappa shape index (κ3) is 2.58. The minimum absolute atomic E-state index is 0.192. The summed E-state index contributed by atoms with van der Waals surface area (Å²) in [5.74, 6) is 1.20. The molecule has 0 saturated heterocycles. The molecule has 2 aliphatic rings. The highest BCUT2D eigenvalue weighted by Crippen LogP contribution is 2.42. The van der Waals surface area contributed by atoms with Crippen LogP contribution >= 0.6 is 11.6 Å². The molecule has 1 aromatic rings. The van der Waals surface area contributed by atoms with Crippen LogP contribution in [0.1, 0.15) is 43.8 Å². The first-order valence-electron chi connectivity index (χ1n) is 6.72. The average Bonchev–Trinajstić information content (AvgIpc) is 2.72. The van der Waals surface area contributed by atoms with E-state index in [0.717, 1.165) is 30.4 Å². The Morgan fingerprint density at radius 3 is 2.95 bits per heavy atom. The molecule has 1 heterocycles. The van der Waals surface area contributed by atoms with Crippen LogP contribution < -0.4 is 9.47 Å². The second-order valence-electron chi connectivity index (χ2n) is 5.02. The van der Waals surface area contributed by atoms with Crippen molar-refractivity contribution in [2.45, 2.75) is 38.2 Å². The van der Waals surface area contributed by atoms with E-state index in [1.54, 1.807) is 6.07 Å². The summed E-state index contributed by atoms with van der Waals surface area (Å²) in [6, 6.07) is 3.59. The molecule has 1 unspecified atom stereocenters. The van der Waals surface area contributed by atoms with Gasteiger partial charge in [0.1, 0.15) is 6.10 Å². The van der Waals surface area contributed by atoms with Crippen LogP contribution in [0.5, 0.6) is 11.5 Å². The number of fused-ring (bicyclic) bond motifs is 1. The van der Waals surface area contributed by atoms with Gasteiger partial charge in [0.25, 0.3) is 0 Å². The van der Waals surface area contributed by atoms with Crippen molar-refractivity contribution >= 4 is 11.6 Å². The van der Waals surface area contributed by atoms with E-state index in [-0.39, 0.29) is 6.79 Å². The summed E-state index contributed by atoms with van der Waals surface area (Å²) in [6.45, 7) is 0.192. The maximum Gasteiger partial charge on any atom is 0.231 e. The van der Waals surface area contributed by atoms with Gasteiger partial charge < -0.3 is 14.6 Å². The molecule has 1 aromatic carbocycles. The predicted octanol–water partition coefficient (Wildman–Crippen LogP) is 3.99. The standard InChI is InChI=1S/C15H17ClO3/c16-12-7-11(8-13-15(12)19-9-18-13)14(17)10-5-3-1-2-4-6-10/h5,7-8,14,17H,1-4,6,9H2. The second-order valence-corrected chi connectivity index (χ2v) is 5.42. The third-order valence-corrected chi connectivity index (χ3v) is 3.97. The van der Waals surface area contributed by atoms with Gasteiger partial charge in [-0.3, -0.25) is 0 Å². The van der Waals surface area contributed by atoms with E-state index in [1.807, 2.05) is 6.07 Å². The van der Waals surface area contributed by atoms with Gasteiger partial charge in [-0.2, -0.15) is 0 Å². The first kappa shape index (κ1) is 12.8. The number of benzene rings is 1. The van der Waals surface area contributed by atoms with Crippen molar-refractivity contribution in [2.24, 2.45) is 0 Å². The SMILES string of the molecule is OC(C1=CCCCCC1)c1cc(Cl)c2c(c1)OCO2. The molecule has 19 heavy (non-hydrogen) atoms. The smallest absolute Gasteiger partial charge is 0.231 e. The van der Waals surface area contributed by atoms with Crippen molar-refractivity contribution in [3.63, 3.8) is 0 Å². The lowest BCUT2D eigenvalue weighted by Gasteiger charge is -2.15. The van der Waals surface area contributed by atoms with Crippen LogP contribution in [0.2, 0.25) is 5.02 Å². The minimum atomic E-state index is -0.593. The zero-order valence-electron chi connectivity index (χ0n) is 10.7. The van der Waals surface area contributed by atoms with Crippen LogP contribution in [0.3, 0.4) is 0 Å². The molecule has 0 aromatic heterocycles. The summed E-state index contributed by atoms with van der Waals surface area (Å²) < 4.78 is 10.6. The van der Waals surface area contributed by atoms with Gasteiger partial charge in [0, 0.05) is 0 Å². The fourth-order valence-corrected chi connectivity index (χ4v) is 2.92. The van der Waals surface area contributed by atoms with E-state index in [1.165, 1.54) is 12.8 Å². The van der Waals surface area contributed by atoms with Gasteiger partial charge in [-0.05, 0) is 49.0 Å². The van der Waals surface area contributed by atoms with E-state index in [0.29, 0.717) is 16.5 Å². The molecule has 1 N–H and O–H groups in total. The molecule has 4 heteroatoms. The lowest BCUT2D eigenvalue weighted by molar-refractivity contribution is 0.173. The number of allylic oxidation sites excluding steroid dienone is 1. The average molecular weight is 281 g/mol. The van der Waals surface area contributed by atoms with Gasteiger partial charge in [0.2, 0.25) is 6.79 Å². The van der Waals surface area contributed by atoms with Crippen LogP contribution in [-0.2, 0) is 0 Å². The Labute approximate surface area is 117 Å². The molecule has 0 radical (unpaired) electrons. The molecule has 0 fully saturated rings. The monoisotopic (exact) mass is 280 g/mol. The van der Waals surface area contributed by atoms with E-state index in [4.69, 9.17) is 21.1 Å². The molecule has 102 valence electrons. The highest BCUT2D eigenvalue weighted by molar-refractivity contribution is 6.32. The Balaban J connectivity index is 1.89. The molecule has 0 bridgehead atoms. The molecule has 1 aliphatic heterocycles. The molecule has 1 aliphatic carbocycles. The molecule has 0 saturated carbocycles. The van der Waals surface area contributed by atoms with Crippen LogP contribution in [0, 0.1) is 0 Å². The van der Waals surface area contributed by atoms with Gasteiger partial charge in [-0.1, -0.05) is 24.1 Å². The molecular weight excluding hydrogens is 264 g/mol. The second kappa shape index (κ2) is 5.43.